The zero-order chi connectivity index (χ0) is 25.5. The largest absolute Gasteiger partial charge is 0.492 e. The zero-order valence-electron chi connectivity index (χ0n) is 20.7. The first-order valence-corrected chi connectivity index (χ1v) is 12.7. The molecule has 1 atom stereocenters. The topological polar surface area (TPSA) is 80.5 Å². The number of ether oxygens (including phenoxy) is 1. The molecule has 8 heteroatoms. The molecule has 0 saturated carbocycles. The fourth-order valence-electron chi connectivity index (χ4n) is 5.75. The highest BCUT2D eigenvalue weighted by Crippen LogP contribution is 2.41. The zero-order valence-corrected chi connectivity index (χ0v) is 20.7. The van der Waals surface area contributed by atoms with Gasteiger partial charge < -0.3 is 14.4 Å². The number of pyridine rings is 1. The van der Waals surface area contributed by atoms with Crippen molar-refractivity contribution in [3.05, 3.63) is 88.6 Å². The van der Waals surface area contributed by atoms with Crippen molar-refractivity contribution in [1.29, 1.82) is 0 Å². The van der Waals surface area contributed by atoms with Gasteiger partial charge in [-0.3, -0.25) is 4.90 Å². The molecule has 6 rings (SSSR count). The van der Waals surface area contributed by atoms with E-state index in [2.05, 4.69) is 28.1 Å². The predicted molar refractivity (Wildman–Crippen MR) is 138 cm³/mol. The van der Waals surface area contributed by atoms with Crippen LogP contribution in [0.3, 0.4) is 0 Å². The van der Waals surface area contributed by atoms with Gasteiger partial charge in [-0.2, -0.15) is 0 Å². The third-order valence-corrected chi connectivity index (χ3v) is 7.79. The Labute approximate surface area is 214 Å². The highest BCUT2D eigenvalue weighted by atomic mass is 19.1. The van der Waals surface area contributed by atoms with Crippen molar-refractivity contribution in [2.24, 2.45) is 7.05 Å². The minimum absolute atomic E-state index is 0.0245. The molecule has 2 aromatic heterocycles. The monoisotopic (exact) mass is 500 g/mol. The fraction of sp³-hybridized carbons (Fsp3) is 0.345. The van der Waals surface area contributed by atoms with E-state index in [0.29, 0.717) is 30.2 Å². The van der Waals surface area contributed by atoms with Crippen molar-refractivity contribution < 1.29 is 19.0 Å². The van der Waals surface area contributed by atoms with Crippen molar-refractivity contribution in [3.63, 3.8) is 0 Å². The summed E-state index contributed by atoms with van der Waals surface area (Å²) in [6.45, 7) is 3.05. The smallest absolute Gasteiger partial charge is 0.354 e. The second-order valence-electron chi connectivity index (χ2n) is 10.1. The molecule has 190 valence electrons. The Kier molecular flexibility index (Phi) is 6.12. The summed E-state index contributed by atoms with van der Waals surface area (Å²) in [4.78, 5) is 22.6. The molecule has 0 spiro atoms. The first kappa shape index (κ1) is 23.6. The van der Waals surface area contributed by atoms with Gasteiger partial charge in [0.2, 0.25) is 0 Å². The summed E-state index contributed by atoms with van der Waals surface area (Å²) in [6.07, 6.45) is 2.82. The third kappa shape index (κ3) is 4.46. The molecule has 1 fully saturated rings. The predicted octanol–water partition coefficient (Wildman–Crippen LogP) is 4.90. The summed E-state index contributed by atoms with van der Waals surface area (Å²) in [6, 6.07) is 16.6. The van der Waals surface area contributed by atoms with Gasteiger partial charge in [0.05, 0.1) is 13.2 Å². The van der Waals surface area contributed by atoms with Gasteiger partial charge in [0.1, 0.15) is 22.9 Å². The number of aromatic carboxylic acids is 1. The number of halogens is 1. The van der Waals surface area contributed by atoms with Crippen LogP contribution < -0.4 is 4.74 Å². The molecular formula is C29H29FN4O3. The van der Waals surface area contributed by atoms with Crippen molar-refractivity contribution >= 4 is 17.1 Å². The van der Waals surface area contributed by atoms with E-state index in [1.54, 1.807) is 12.1 Å². The van der Waals surface area contributed by atoms with Crippen molar-refractivity contribution in [2.45, 2.75) is 37.6 Å². The Morgan fingerprint density at radius 2 is 1.81 bits per heavy atom. The maximum Gasteiger partial charge on any atom is 0.354 e. The number of aromatic nitrogens is 3. The van der Waals surface area contributed by atoms with E-state index in [9.17, 15) is 14.3 Å². The summed E-state index contributed by atoms with van der Waals surface area (Å²) in [7, 11) is 1.89. The molecule has 1 saturated heterocycles. The lowest BCUT2D eigenvalue weighted by atomic mass is 9.84. The number of fused-ring (bicyclic) bond motifs is 2. The lowest BCUT2D eigenvalue weighted by Gasteiger charge is -2.34. The van der Waals surface area contributed by atoms with Crippen LogP contribution in [0.4, 0.5) is 4.39 Å². The van der Waals surface area contributed by atoms with Gasteiger partial charge in [-0.15, -0.1) is 0 Å². The van der Waals surface area contributed by atoms with Gasteiger partial charge >= 0.3 is 5.97 Å². The van der Waals surface area contributed by atoms with Gasteiger partial charge in [-0.05, 0) is 73.2 Å². The van der Waals surface area contributed by atoms with Crippen LogP contribution in [0.2, 0.25) is 0 Å². The van der Waals surface area contributed by atoms with E-state index >= 15 is 0 Å². The number of carbonyl (C=O) groups is 1. The van der Waals surface area contributed by atoms with Crippen LogP contribution >= 0.6 is 0 Å². The van der Waals surface area contributed by atoms with Crippen LogP contribution in [0.15, 0.2) is 54.6 Å². The van der Waals surface area contributed by atoms with E-state index in [-0.39, 0.29) is 17.4 Å². The SMILES string of the molecule is Cn1c(CN2CCC(c3cccc4c3OCC(c3ccccc3F)C4)CC2)nc2ccc(C(=O)O)nc21. The lowest BCUT2D eigenvalue weighted by Crippen LogP contribution is -2.33. The number of nitrogens with zero attached hydrogens (tertiary/aromatic N) is 4. The number of piperidine rings is 1. The molecule has 4 aromatic rings. The number of carboxylic acids is 1. The number of aryl methyl sites for hydroxylation is 1. The number of hydrogen-bond donors (Lipinski definition) is 1. The van der Waals surface area contributed by atoms with Crippen LogP contribution in [0.25, 0.3) is 11.2 Å². The molecule has 2 aliphatic rings. The second-order valence-corrected chi connectivity index (χ2v) is 10.1. The summed E-state index contributed by atoms with van der Waals surface area (Å²) in [5.41, 5.74) is 4.47. The van der Waals surface area contributed by atoms with E-state index in [4.69, 9.17) is 9.72 Å². The Bertz CT molecular complexity index is 1480. The third-order valence-electron chi connectivity index (χ3n) is 7.79. The van der Waals surface area contributed by atoms with Gasteiger partial charge in [0.25, 0.3) is 0 Å². The van der Waals surface area contributed by atoms with Gasteiger partial charge in [0, 0.05) is 13.0 Å². The number of benzene rings is 2. The Hall–Kier alpha value is -3.78. The molecular weight excluding hydrogens is 471 g/mol. The van der Waals surface area contributed by atoms with E-state index in [1.807, 2.05) is 23.7 Å². The van der Waals surface area contributed by atoms with E-state index in [0.717, 1.165) is 55.1 Å². The van der Waals surface area contributed by atoms with Crippen molar-refractivity contribution in [2.75, 3.05) is 19.7 Å². The average Bonchev–Trinajstić information content (AvgIpc) is 3.23. The van der Waals surface area contributed by atoms with Gasteiger partial charge in [0.15, 0.2) is 11.3 Å². The normalized spacial score (nSPS) is 18.5. The lowest BCUT2D eigenvalue weighted by molar-refractivity contribution is 0.0691. The van der Waals surface area contributed by atoms with E-state index < -0.39 is 5.97 Å². The molecule has 2 aliphatic heterocycles. The standard InChI is InChI=1S/C29H29FN4O3/c1-33-26(31-24-9-10-25(29(35)36)32-28(24)33)16-34-13-11-18(12-14-34)22-7-4-5-19-15-20(17-37-27(19)22)21-6-2-3-8-23(21)30/h2-10,18,20H,11-17H2,1H3,(H,35,36). The maximum atomic E-state index is 14.4. The fourth-order valence-corrected chi connectivity index (χ4v) is 5.75. The first-order valence-electron chi connectivity index (χ1n) is 12.7. The second kappa shape index (κ2) is 9.59. The summed E-state index contributed by atoms with van der Waals surface area (Å²) in [5.74, 6) is 1.10. The first-order chi connectivity index (χ1) is 18.0. The molecule has 0 bridgehead atoms. The quantitative estimate of drug-likeness (QED) is 0.420. The van der Waals surface area contributed by atoms with Crippen LogP contribution in [0.1, 0.15) is 57.7 Å². The number of para-hydroxylation sites is 1. The van der Waals surface area contributed by atoms with E-state index in [1.165, 1.54) is 17.7 Å². The summed E-state index contributed by atoms with van der Waals surface area (Å²) >= 11 is 0. The molecule has 1 unspecified atom stereocenters. The van der Waals surface area contributed by atoms with Crippen LogP contribution in [-0.4, -0.2) is 50.2 Å². The van der Waals surface area contributed by atoms with Gasteiger partial charge in [-0.25, -0.2) is 19.2 Å². The molecule has 0 aliphatic carbocycles. The Balaban J connectivity index is 1.14. The summed E-state index contributed by atoms with van der Waals surface area (Å²) in [5, 5.41) is 9.25. The number of carboxylic acid groups (broad SMARTS) is 1. The Morgan fingerprint density at radius 3 is 2.59 bits per heavy atom. The molecule has 7 nitrogen and oxygen atoms in total. The van der Waals surface area contributed by atoms with Crippen LogP contribution in [-0.2, 0) is 20.0 Å². The van der Waals surface area contributed by atoms with Crippen molar-refractivity contribution in [1.82, 2.24) is 19.4 Å². The molecule has 2 aromatic carbocycles. The maximum absolute atomic E-state index is 14.4. The highest BCUT2D eigenvalue weighted by molar-refractivity contribution is 5.88. The minimum Gasteiger partial charge on any atom is -0.492 e. The molecule has 1 N–H and O–H groups in total. The summed E-state index contributed by atoms with van der Waals surface area (Å²) < 4.78 is 22.5. The molecule has 0 amide bonds. The number of imidazole rings is 1. The minimum atomic E-state index is -1.04. The number of hydrogen-bond acceptors (Lipinski definition) is 5. The van der Waals surface area contributed by atoms with Crippen molar-refractivity contribution in [3.8, 4) is 5.75 Å². The van der Waals surface area contributed by atoms with Crippen LogP contribution in [0.5, 0.6) is 5.75 Å². The molecule has 0 radical (unpaired) electrons. The Morgan fingerprint density at radius 1 is 1.03 bits per heavy atom. The average molecular weight is 501 g/mol. The van der Waals surface area contributed by atoms with Crippen LogP contribution in [0, 0.1) is 5.82 Å². The molecule has 4 heterocycles. The molecule has 37 heavy (non-hydrogen) atoms. The highest BCUT2D eigenvalue weighted by Gasteiger charge is 2.29. The van der Waals surface area contributed by atoms with Gasteiger partial charge in [-0.1, -0.05) is 36.4 Å². The number of likely N-dealkylation sites (tertiary alicyclic amines) is 1. The number of rotatable bonds is 5.